The molecule has 0 atom stereocenters. The number of hydrogen-bond donors (Lipinski definition) is 1. The van der Waals surface area contributed by atoms with Gasteiger partial charge in [0.1, 0.15) is 0 Å². The second-order valence-corrected chi connectivity index (χ2v) is 4.42. The van der Waals surface area contributed by atoms with Crippen LogP contribution in [-0.2, 0) is 9.53 Å². The van der Waals surface area contributed by atoms with Crippen molar-refractivity contribution in [2.45, 2.75) is 18.7 Å². The van der Waals surface area contributed by atoms with Gasteiger partial charge in [0.05, 0.1) is 12.4 Å². The first kappa shape index (κ1) is 13.6. The first-order valence-corrected chi connectivity index (χ1v) is 6.23. The van der Waals surface area contributed by atoms with Crippen LogP contribution in [0, 0.1) is 6.92 Å². The third kappa shape index (κ3) is 4.48. The Morgan fingerprint density at radius 3 is 2.59 bits per heavy atom. The Hall–Kier alpha value is -1.49. The minimum atomic E-state index is -0.574. The van der Waals surface area contributed by atoms with Crippen molar-refractivity contribution in [3.63, 3.8) is 0 Å². The number of ether oxygens (including phenoxy) is 1. The molecule has 4 nitrogen and oxygen atoms in total. The van der Waals surface area contributed by atoms with Crippen LogP contribution in [0.1, 0.15) is 12.5 Å². The second kappa shape index (κ2) is 6.96. The van der Waals surface area contributed by atoms with Gasteiger partial charge in [0, 0.05) is 4.90 Å². The first-order valence-electron chi connectivity index (χ1n) is 5.25. The van der Waals surface area contributed by atoms with E-state index >= 15 is 0 Å². The van der Waals surface area contributed by atoms with Gasteiger partial charge in [-0.1, -0.05) is 22.9 Å². The van der Waals surface area contributed by atoms with Crippen LogP contribution in [0.3, 0.4) is 0 Å². The SMILES string of the molecule is CCOC(=O)/C(CSc1ccc(C)cc1)=N\O. The number of benzene rings is 1. The summed E-state index contributed by atoms with van der Waals surface area (Å²) in [5.41, 5.74) is 1.20. The van der Waals surface area contributed by atoms with E-state index in [9.17, 15) is 4.79 Å². The van der Waals surface area contributed by atoms with Gasteiger partial charge in [-0.05, 0) is 26.0 Å². The van der Waals surface area contributed by atoms with Crippen LogP contribution < -0.4 is 0 Å². The van der Waals surface area contributed by atoms with Gasteiger partial charge in [-0.3, -0.25) is 0 Å². The zero-order valence-corrected chi connectivity index (χ0v) is 10.7. The van der Waals surface area contributed by atoms with E-state index in [1.54, 1.807) is 6.92 Å². The fraction of sp³-hybridized carbons (Fsp3) is 0.333. The number of esters is 1. The van der Waals surface area contributed by atoms with E-state index < -0.39 is 5.97 Å². The Bertz CT molecular complexity index is 401. The summed E-state index contributed by atoms with van der Waals surface area (Å²) in [5.74, 6) is -0.284. The van der Waals surface area contributed by atoms with Gasteiger partial charge < -0.3 is 9.94 Å². The fourth-order valence-electron chi connectivity index (χ4n) is 1.13. The summed E-state index contributed by atoms with van der Waals surface area (Å²) in [4.78, 5) is 12.3. The molecule has 0 aliphatic carbocycles. The van der Waals surface area contributed by atoms with E-state index in [2.05, 4.69) is 5.16 Å². The molecule has 17 heavy (non-hydrogen) atoms. The molecule has 1 aromatic carbocycles. The van der Waals surface area contributed by atoms with E-state index in [0.717, 1.165) is 4.90 Å². The Kier molecular flexibility index (Phi) is 5.56. The van der Waals surface area contributed by atoms with E-state index in [-0.39, 0.29) is 12.3 Å². The summed E-state index contributed by atoms with van der Waals surface area (Å²) in [6.07, 6.45) is 0. The van der Waals surface area contributed by atoms with Crippen molar-refractivity contribution in [2.75, 3.05) is 12.4 Å². The van der Waals surface area contributed by atoms with Gasteiger partial charge in [-0.25, -0.2) is 4.79 Å². The fourth-order valence-corrected chi connectivity index (χ4v) is 1.94. The summed E-state index contributed by atoms with van der Waals surface area (Å²) in [5, 5.41) is 11.7. The highest BCUT2D eigenvalue weighted by molar-refractivity contribution is 8.00. The van der Waals surface area contributed by atoms with Crippen LogP contribution >= 0.6 is 11.8 Å². The number of thioether (sulfide) groups is 1. The van der Waals surface area contributed by atoms with Crippen molar-refractivity contribution in [3.8, 4) is 0 Å². The smallest absolute Gasteiger partial charge is 0.356 e. The minimum absolute atomic E-state index is 0.0254. The van der Waals surface area contributed by atoms with Crippen molar-refractivity contribution in [1.29, 1.82) is 0 Å². The average molecular weight is 253 g/mol. The standard InChI is InChI=1S/C12H15NO3S/c1-3-16-12(14)11(13-15)8-17-10-6-4-9(2)5-7-10/h4-7,15H,3,8H2,1-2H3/b13-11-. The molecule has 0 aromatic heterocycles. The van der Waals surface area contributed by atoms with Crippen molar-refractivity contribution in [2.24, 2.45) is 5.16 Å². The van der Waals surface area contributed by atoms with Crippen LogP contribution in [0.25, 0.3) is 0 Å². The Balaban J connectivity index is 2.54. The van der Waals surface area contributed by atoms with Crippen LogP contribution in [0.5, 0.6) is 0 Å². The average Bonchev–Trinajstić information content (AvgIpc) is 2.32. The molecule has 0 aliphatic heterocycles. The van der Waals surface area contributed by atoms with Gasteiger partial charge >= 0.3 is 5.97 Å². The minimum Gasteiger partial charge on any atom is -0.461 e. The van der Waals surface area contributed by atoms with E-state index in [1.807, 2.05) is 31.2 Å². The number of aryl methyl sites for hydroxylation is 1. The maximum Gasteiger partial charge on any atom is 0.356 e. The molecule has 92 valence electrons. The van der Waals surface area contributed by atoms with Gasteiger partial charge in [0.2, 0.25) is 0 Å². The largest absolute Gasteiger partial charge is 0.461 e. The molecule has 0 saturated heterocycles. The van der Waals surface area contributed by atoms with Gasteiger partial charge in [-0.2, -0.15) is 0 Å². The van der Waals surface area contributed by atoms with Crippen molar-refractivity contribution < 1.29 is 14.7 Å². The normalized spacial score (nSPS) is 11.3. The molecule has 1 rings (SSSR count). The predicted molar refractivity (Wildman–Crippen MR) is 67.8 cm³/mol. The molecule has 0 amide bonds. The Morgan fingerprint density at radius 2 is 2.06 bits per heavy atom. The topological polar surface area (TPSA) is 58.9 Å². The molecule has 0 fully saturated rings. The zero-order chi connectivity index (χ0) is 12.7. The summed E-state index contributed by atoms with van der Waals surface area (Å²) >= 11 is 1.42. The number of rotatable bonds is 5. The zero-order valence-electron chi connectivity index (χ0n) is 9.84. The molecule has 0 heterocycles. The first-order chi connectivity index (χ1) is 8.17. The molecule has 0 saturated carbocycles. The highest BCUT2D eigenvalue weighted by Gasteiger charge is 2.13. The lowest BCUT2D eigenvalue weighted by molar-refractivity contribution is -0.135. The van der Waals surface area contributed by atoms with Gasteiger partial charge in [0.25, 0.3) is 0 Å². The molecular weight excluding hydrogens is 238 g/mol. The van der Waals surface area contributed by atoms with Crippen LogP contribution in [0.15, 0.2) is 34.3 Å². The Morgan fingerprint density at radius 1 is 1.41 bits per heavy atom. The van der Waals surface area contributed by atoms with E-state index in [1.165, 1.54) is 17.3 Å². The lowest BCUT2D eigenvalue weighted by Crippen LogP contribution is -2.19. The summed E-state index contributed by atoms with van der Waals surface area (Å²) in [6.45, 7) is 3.99. The monoisotopic (exact) mass is 253 g/mol. The number of oxime groups is 1. The van der Waals surface area contributed by atoms with E-state index in [4.69, 9.17) is 9.94 Å². The highest BCUT2D eigenvalue weighted by atomic mass is 32.2. The summed E-state index contributed by atoms with van der Waals surface area (Å²) in [7, 11) is 0. The summed E-state index contributed by atoms with van der Waals surface area (Å²) < 4.78 is 4.76. The number of carbonyl (C=O) groups excluding carboxylic acids is 1. The molecule has 5 heteroatoms. The molecule has 0 radical (unpaired) electrons. The maximum atomic E-state index is 11.3. The Labute approximate surface area is 105 Å². The van der Waals surface area contributed by atoms with Crippen LogP contribution in [0.4, 0.5) is 0 Å². The molecule has 0 spiro atoms. The molecule has 1 N–H and O–H groups in total. The molecule has 0 bridgehead atoms. The third-order valence-corrected chi connectivity index (χ3v) is 3.05. The molecule has 0 aliphatic rings. The molecular formula is C12H15NO3S. The van der Waals surface area contributed by atoms with Gasteiger partial charge in [-0.15, -0.1) is 11.8 Å². The number of carbonyl (C=O) groups is 1. The lowest BCUT2D eigenvalue weighted by atomic mass is 10.2. The van der Waals surface area contributed by atoms with E-state index in [0.29, 0.717) is 5.75 Å². The maximum absolute atomic E-state index is 11.3. The van der Waals surface area contributed by atoms with Crippen molar-refractivity contribution in [3.05, 3.63) is 29.8 Å². The number of hydrogen-bond acceptors (Lipinski definition) is 5. The van der Waals surface area contributed by atoms with Crippen molar-refractivity contribution >= 4 is 23.4 Å². The summed E-state index contributed by atoms with van der Waals surface area (Å²) in [6, 6.07) is 7.89. The number of nitrogens with zero attached hydrogens (tertiary/aromatic N) is 1. The van der Waals surface area contributed by atoms with Crippen LogP contribution in [-0.4, -0.2) is 29.2 Å². The predicted octanol–water partition coefficient (Wildman–Crippen LogP) is 2.48. The molecule has 1 aromatic rings. The third-order valence-electron chi connectivity index (χ3n) is 2.03. The lowest BCUT2D eigenvalue weighted by Gasteiger charge is -2.04. The van der Waals surface area contributed by atoms with Gasteiger partial charge in [0.15, 0.2) is 5.71 Å². The second-order valence-electron chi connectivity index (χ2n) is 3.37. The highest BCUT2D eigenvalue weighted by Crippen LogP contribution is 2.18. The quantitative estimate of drug-likeness (QED) is 0.288. The van der Waals surface area contributed by atoms with Crippen LogP contribution in [0.2, 0.25) is 0 Å². The van der Waals surface area contributed by atoms with Crippen molar-refractivity contribution in [1.82, 2.24) is 0 Å². The molecule has 0 unspecified atom stereocenters.